The first-order chi connectivity index (χ1) is 10.0. The molecule has 1 atom stereocenters. The van der Waals surface area contributed by atoms with E-state index >= 15 is 0 Å². The third-order valence-electron chi connectivity index (χ3n) is 3.13. The van der Waals surface area contributed by atoms with Crippen LogP contribution < -0.4 is 0 Å². The fraction of sp³-hybridized carbons (Fsp3) is 0.294. The van der Waals surface area contributed by atoms with Crippen LogP contribution in [0.2, 0.25) is 0 Å². The molecule has 0 radical (unpaired) electrons. The summed E-state index contributed by atoms with van der Waals surface area (Å²) in [5, 5.41) is 12.5. The van der Waals surface area contributed by atoms with Crippen molar-refractivity contribution in [3.8, 4) is 0 Å². The van der Waals surface area contributed by atoms with Crippen LogP contribution >= 0.6 is 11.8 Å². The van der Waals surface area contributed by atoms with Crippen molar-refractivity contribution >= 4 is 11.8 Å². The van der Waals surface area contributed by atoms with E-state index in [1.165, 1.54) is 34.3 Å². The molecule has 0 heterocycles. The number of rotatable bonds is 5. The molecule has 21 heavy (non-hydrogen) atoms. The van der Waals surface area contributed by atoms with Crippen LogP contribution in [0.5, 0.6) is 0 Å². The summed E-state index contributed by atoms with van der Waals surface area (Å²) in [5.41, 5.74) is -0.433. The van der Waals surface area contributed by atoms with Gasteiger partial charge in [-0.15, -0.1) is 0 Å². The minimum absolute atomic E-state index is 0.248. The molecule has 1 aromatic carbocycles. The number of hydrogen-bond donors (Lipinski definition) is 1. The molecule has 4 heteroatoms. The summed E-state index contributed by atoms with van der Waals surface area (Å²) < 4.78 is 12.6. The molecule has 3 rings (SSSR count). The van der Waals surface area contributed by atoms with E-state index in [4.69, 9.17) is 0 Å². The minimum Gasteiger partial charge on any atom is -0.382 e. The summed E-state index contributed by atoms with van der Waals surface area (Å²) in [5.74, 6) is -0.248. The van der Waals surface area contributed by atoms with Crippen molar-refractivity contribution in [2.45, 2.75) is 16.8 Å². The predicted molar refractivity (Wildman–Crippen MR) is 85.5 cm³/mol. The Balaban J connectivity index is 0.000000218. The lowest BCUT2D eigenvalue weighted by atomic mass is 10.1. The normalized spacial score (nSPS) is 12.6. The maximum absolute atomic E-state index is 12.6. The van der Waals surface area contributed by atoms with Gasteiger partial charge < -0.3 is 10.0 Å². The van der Waals surface area contributed by atoms with Crippen LogP contribution in [-0.4, -0.2) is 36.1 Å². The molecule has 2 aliphatic carbocycles. The van der Waals surface area contributed by atoms with E-state index in [2.05, 4.69) is 24.3 Å². The molecule has 0 saturated heterocycles. The van der Waals surface area contributed by atoms with Crippen molar-refractivity contribution in [1.29, 1.82) is 0 Å². The lowest BCUT2D eigenvalue weighted by Gasteiger charge is -2.13. The van der Waals surface area contributed by atoms with Gasteiger partial charge in [0.2, 0.25) is 0 Å². The summed E-state index contributed by atoms with van der Waals surface area (Å²) in [4.78, 5) is 2.91. The van der Waals surface area contributed by atoms with Gasteiger partial charge in [-0.3, -0.25) is 0 Å². The van der Waals surface area contributed by atoms with Gasteiger partial charge in [-0.25, -0.2) is 4.39 Å². The number of aliphatic hydroxyl groups is 1. The van der Waals surface area contributed by atoms with E-state index in [0.717, 1.165) is 11.4 Å². The molecule has 0 bridgehead atoms. The van der Waals surface area contributed by atoms with Crippen LogP contribution in [0.4, 0.5) is 4.39 Å². The molecule has 1 aromatic rings. The zero-order valence-electron chi connectivity index (χ0n) is 12.3. The van der Waals surface area contributed by atoms with Crippen LogP contribution in [0.1, 0.15) is 6.42 Å². The molecule has 0 saturated carbocycles. The molecule has 0 spiro atoms. The third-order valence-corrected chi connectivity index (χ3v) is 4.18. The highest BCUT2D eigenvalue weighted by atomic mass is 32.2. The highest BCUT2D eigenvalue weighted by Gasteiger charge is 2.06. The number of halogens is 1. The van der Waals surface area contributed by atoms with E-state index < -0.39 is 5.44 Å². The largest absolute Gasteiger partial charge is 0.382 e. The molecule has 0 aromatic heterocycles. The zero-order valence-corrected chi connectivity index (χ0v) is 13.1. The second kappa shape index (κ2) is 7.59. The quantitative estimate of drug-likeness (QED) is 0.577. The topological polar surface area (TPSA) is 23.5 Å². The van der Waals surface area contributed by atoms with Crippen molar-refractivity contribution in [2.75, 3.05) is 20.6 Å². The fourth-order valence-corrected chi connectivity index (χ4v) is 2.59. The number of thioether (sulfide) groups is 1. The van der Waals surface area contributed by atoms with Gasteiger partial charge in [0.25, 0.3) is 0 Å². The van der Waals surface area contributed by atoms with Crippen LogP contribution in [0.15, 0.2) is 53.4 Å². The average molecular weight is 305 g/mol. The lowest BCUT2D eigenvalue weighted by Crippen LogP contribution is -2.17. The van der Waals surface area contributed by atoms with Gasteiger partial charge in [0.05, 0.1) is 0 Å². The van der Waals surface area contributed by atoms with Crippen molar-refractivity contribution < 1.29 is 9.50 Å². The van der Waals surface area contributed by atoms with Crippen LogP contribution in [0.25, 0.3) is 0 Å². The van der Waals surface area contributed by atoms with E-state index in [-0.39, 0.29) is 5.82 Å². The van der Waals surface area contributed by atoms with Gasteiger partial charge in [0.15, 0.2) is 0 Å². The summed E-state index contributed by atoms with van der Waals surface area (Å²) in [6.45, 7) is 0.843. The van der Waals surface area contributed by atoms with Crippen molar-refractivity contribution in [1.82, 2.24) is 4.90 Å². The molecular formula is C17H20FNOS. The maximum atomic E-state index is 12.6. The highest BCUT2D eigenvalue weighted by Crippen LogP contribution is 2.23. The van der Waals surface area contributed by atoms with E-state index in [0.29, 0.717) is 6.42 Å². The third kappa shape index (κ3) is 5.16. The summed E-state index contributed by atoms with van der Waals surface area (Å²) in [7, 11) is 3.94. The van der Waals surface area contributed by atoms with Gasteiger partial charge in [0.1, 0.15) is 11.3 Å². The van der Waals surface area contributed by atoms with Crippen LogP contribution in [-0.2, 0) is 0 Å². The Morgan fingerprint density at radius 2 is 1.52 bits per heavy atom. The van der Waals surface area contributed by atoms with Crippen molar-refractivity contribution in [3.05, 3.63) is 64.8 Å². The van der Waals surface area contributed by atoms with Gasteiger partial charge >= 0.3 is 0 Å². The zero-order chi connectivity index (χ0) is 15.2. The maximum Gasteiger partial charge on any atom is 0.123 e. The lowest BCUT2D eigenvalue weighted by molar-refractivity contribution is 0.232. The molecular weight excluding hydrogens is 285 g/mol. The summed E-state index contributed by atoms with van der Waals surface area (Å²) in [6.07, 6.45) is 0.703. The second-order valence-corrected chi connectivity index (χ2v) is 6.45. The Hall–Kier alpha value is -1.36. The first-order valence-corrected chi connectivity index (χ1v) is 7.78. The summed E-state index contributed by atoms with van der Waals surface area (Å²) in [6, 6.07) is 14.6. The Labute approximate surface area is 128 Å². The first kappa shape index (κ1) is 16.0. The van der Waals surface area contributed by atoms with E-state index in [1.807, 2.05) is 19.0 Å². The molecule has 112 valence electrons. The standard InChI is InChI=1S/C11H16FNOS.C6H4/c1-13(2)8-7-11(14)15-10-5-3-9(12)4-6-10;1-2-6-4-3-5(1)6/h3-6,11,14H,7-8H2,1-2H3;1-4H. The van der Waals surface area contributed by atoms with Gasteiger partial charge in [-0.2, -0.15) is 0 Å². The Bertz CT molecular complexity index is 607. The van der Waals surface area contributed by atoms with Crippen molar-refractivity contribution in [3.63, 3.8) is 0 Å². The van der Waals surface area contributed by atoms with E-state index in [9.17, 15) is 9.50 Å². The SMILES string of the molecule is CN(C)CCC(O)Sc1ccc(F)cc1.c1cc2ccc1=2. The average Bonchev–Trinajstić information content (AvgIpc) is 2.44. The molecule has 2 aliphatic rings. The van der Waals surface area contributed by atoms with Crippen molar-refractivity contribution in [2.24, 2.45) is 0 Å². The predicted octanol–water partition coefficient (Wildman–Crippen LogP) is 3.47. The molecule has 1 unspecified atom stereocenters. The number of hydrogen-bond acceptors (Lipinski definition) is 3. The molecule has 0 fully saturated rings. The van der Waals surface area contributed by atoms with Gasteiger partial charge in [-0.1, -0.05) is 36.0 Å². The molecule has 1 N–H and O–H groups in total. The van der Waals surface area contributed by atoms with Gasteiger partial charge in [0, 0.05) is 11.4 Å². The Kier molecular flexibility index (Phi) is 5.79. The summed E-state index contributed by atoms with van der Waals surface area (Å²) >= 11 is 1.36. The monoisotopic (exact) mass is 305 g/mol. The number of aliphatic hydroxyl groups excluding tert-OH is 1. The number of benzene rings is 2. The molecule has 0 aliphatic heterocycles. The fourth-order valence-electron chi connectivity index (χ4n) is 1.76. The molecule has 0 amide bonds. The minimum atomic E-state index is -0.433. The number of nitrogens with zero attached hydrogens (tertiary/aromatic N) is 1. The Morgan fingerprint density at radius 3 is 1.90 bits per heavy atom. The smallest absolute Gasteiger partial charge is 0.123 e. The second-order valence-electron chi connectivity index (χ2n) is 5.20. The molecule has 2 nitrogen and oxygen atoms in total. The van der Waals surface area contributed by atoms with Crippen LogP contribution in [0.3, 0.4) is 0 Å². The first-order valence-electron chi connectivity index (χ1n) is 6.90. The van der Waals surface area contributed by atoms with Gasteiger partial charge in [-0.05, 0) is 55.2 Å². The Morgan fingerprint density at radius 1 is 1.00 bits per heavy atom. The highest BCUT2D eigenvalue weighted by molar-refractivity contribution is 7.99. The van der Waals surface area contributed by atoms with Crippen LogP contribution in [0, 0.1) is 16.3 Å². The van der Waals surface area contributed by atoms with E-state index in [1.54, 1.807) is 12.1 Å².